The van der Waals surface area contributed by atoms with Crippen LogP contribution in [0.1, 0.15) is 18.9 Å². The number of ether oxygens (including phenoxy) is 1. The standard InChI is InChI=1S/C11H13FO2/c1-7(13)10-4-2-8-6-9(12)3-5-11(8)14-10/h3,5-7,10,13H,2,4H2,1H3/t7?,10-/m1/s1. The van der Waals surface area contributed by atoms with Crippen LogP contribution in [0.15, 0.2) is 18.2 Å². The number of fused-ring (bicyclic) bond motifs is 1. The van der Waals surface area contributed by atoms with Gasteiger partial charge in [-0.1, -0.05) is 0 Å². The fraction of sp³-hybridized carbons (Fsp3) is 0.455. The summed E-state index contributed by atoms with van der Waals surface area (Å²) in [5.74, 6) is 0.464. The molecule has 1 unspecified atom stereocenters. The Morgan fingerprint density at radius 2 is 2.36 bits per heavy atom. The third-order valence-electron chi connectivity index (χ3n) is 2.54. The molecule has 2 rings (SSSR count). The molecule has 1 aromatic carbocycles. The Kier molecular flexibility index (Phi) is 2.42. The Morgan fingerprint density at radius 1 is 1.57 bits per heavy atom. The number of aliphatic hydroxyl groups is 1. The van der Waals surface area contributed by atoms with Gasteiger partial charge in [-0.25, -0.2) is 4.39 Å². The summed E-state index contributed by atoms with van der Waals surface area (Å²) >= 11 is 0. The number of rotatable bonds is 1. The fourth-order valence-electron chi connectivity index (χ4n) is 1.72. The van der Waals surface area contributed by atoms with Crippen LogP contribution >= 0.6 is 0 Å². The average Bonchev–Trinajstić information content (AvgIpc) is 2.16. The molecule has 1 aliphatic heterocycles. The molecule has 2 atom stereocenters. The average molecular weight is 196 g/mol. The Morgan fingerprint density at radius 3 is 3.07 bits per heavy atom. The Bertz CT molecular complexity index is 336. The van der Waals surface area contributed by atoms with Crippen LogP contribution in [0.25, 0.3) is 0 Å². The smallest absolute Gasteiger partial charge is 0.125 e. The minimum atomic E-state index is -0.479. The summed E-state index contributed by atoms with van der Waals surface area (Å²) in [5.41, 5.74) is 0.891. The largest absolute Gasteiger partial charge is 0.487 e. The van der Waals surface area contributed by atoms with Crippen molar-refractivity contribution in [2.75, 3.05) is 0 Å². The number of aryl methyl sites for hydroxylation is 1. The van der Waals surface area contributed by atoms with E-state index in [4.69, 9.17) is 4.74 Å². The first kappa shape index (κ1) is 9.46. The number of hydrogen-bond donors (Lipinski definition) is 1. The molecule has 1 heterocycles. The minimum Gasteiger partial charge on any atom is -0.487 e. The molecule has 0 saturated heterocycles. The van der Waals surface area contributed by atoms with Crippen LogP contribution in [0.4, 0.5) is 4.39 Å². The highest BCUT2D eigenvalue weighted by atomic mass is 19.1. The van der Waals surface area contributed by atoms with Crippen LogP contribution in [0.5, 0.6) is 5.75 Å². The van der Waals surface area contributed by atoms with E-state index >= 15 is 0 Å². The van der Waals surface area contributed by atoms with E-state index in [1.807, 2.05) is 0 Å². The van der Waals surface area contributed by atoms with Crippen molar-refractivity contribution >= 4 is 0 Å². The van der Waals surface area contributed by atoms with Gasteiger partial charge in [0, 0.05) is 0 Å². The second-order valence-corrected chi connectivity index (χ2v) is 3.69. The first-order chi connectivity index (χ1) is 6.66. The third kappa shape index (κ3) is 1.73. The first-order valence-corrected chi connectivity index (χ1v) is 4.80. The third-order valence-corrected chi connectivity index (χ3v) is 2.54. The van der Waals surface area contributed by atoms with E-state index in [-0.39, 0.29) is 11.9 Å². The quantitative estimate of drug-likeness (QED) is 0.743. The number of benzene rings is 1. The zero-order valence-electron chi connectivity index (χ0n) is 8.03. The Hall–Kier alpha value is -1.09. The SMILES string of the molecule is CC(O)[C@H]1CCc2cc(F)ccc2O1. The molecule has 2 nitrogen and oxygen atoms in total. The summed E-state index contributed by atoms with van der Waals surface area (Å²) in [6, 6.07) is 4.50. The van der Waals surface area contributed by atoms with E-state index in [9.17, 15) is 9.50 Å². The fourth-order valence-corrected chi connectivity index (χ4v) is 1.72. The molecule has 0 spiro atoms. The van der Waals surface area contributed by atoms with Crippen molar-refractivity contribution in [3.63, 3.8) is 0 Å². The van der Waals surface area contributed by atoms with Gasteiger partial charge in [0.05, 0.1) is 6.10 Å². The molecule has 0 saturated carbocycles. The van der Waals surface area contributed by atoms with Gasteiger partial charge in [-0.15, -0.1) is 0 Å². The van der Waals surface area contributed by atoms with Crippen LogP contribution in [-0.4, -0.2) is 17.3 Å². The molecule has 1 aromatic rings. The molecular formula is C11H13FO2. The lowest BCUT2D eigenvalue weighted by Gasteiger charge is -2.27. The van der Waals surface area contributed by atoms with Crippen molar-refractivity contribution in [1.29, 1.82) is 0 Å². The second-order valence-electron chi connectivity index (χ2n) is 3.69. The Balaban J connectivity index is 2.23. The van der Waals surface area contributed by atoms with E-state index in [2.05, 4.69) is 0 Å². The molecule has 0 aliphatic carbocycles. The molecule has 0 fully saturated rings. The van der Waals surface area contributed by atoms with Crippen molar-refractivity contribution < 1.29 is 14.2 Å². The van der Waals surface area contributed by atoms with Gasteiger partial charge in [-0.3, -0.25) is 0 Å². The topological polar surface area (TPSA) is 29.5 Å². The summed E-state index contributed by atoms with van der Waals surface area (Å²) in [4.78, 5) is 0. The lowest BCUT2D eigenvalue weighted by Crippen LogP contribution is -2.32. The van der Waals surface area contributed by atoms with Gasteiger partial charge < -0.3 is 9.84 Å². The summed E-state index contributed by atoms with van der Waals surface area (Å²) in [7, 11) is 0. The summed E-state index contributed by atoms with van der Waals surface area (Å²) in [6.07, 6.45) is 0.873. The van der Waals surface area contributed by atoms with Gasteiger partial charge in [0.2, 0.25) is 0 Å². The van der Waals surface area contributed by atoms with E-state index in [0.29, 0.717) is 5.75 Å². The monoisotopic (exact) mass is 196 g/mol. The second kappa shape index (κ2) is 3.58. The summed E-state index contributed by atoms with van der Waals surface area (Å²) in [5, 5.41) is 9.36. The zero-order valence-corrected chi connectivity index (χ0v) is 8.03. The predicted octanol–water partition coefficient (Wildman–Crippen LogP) is 1.90. The molecule has 76 valence electrons. The van der Waals surface area contributed by atoms with Crippen LogP contribution in [0, 0.1) is 5.82 Å². The number of aliphatic hydroxyl groups excluding tert-OH is 1. The maximum atomic E-state index is 12.8. The molecular weight excluding hydrogens is 183 g/mol. The molecule has 0 aromatic heterocycles. The summed E-state index contributed by atoms with van der Waals surface area (Å²) < 4.78 is 18.4. The maximum absolute atomic E-state index is 12.8. The van der Waals surface area contributed by atoms with E-state index in [0.717, 1.165) is 18.4 Å². The van der Waals surface area contributed by atoms with Crippen LogP contribution in [0.3, 0.4) is 0 Å². The Labute approximate surface area is 82.3 Å². The molecule has 14 heavy (non-hydrogen) atoms. The van der Waals surface area contributed by atoms with Crippen LogP contribution in [-0.2, 0) is 6.42 Å². The molecule has 0 amide bonds. The van der Waals surface area contributed by atoms with E-state index in [1.54, 1.807) is 13.0 Å². The van der Waals surface area contributed by atoms with Crippen molar-refractivity contribution in [2.24, 2.45) is 0 Å². The highest BCUT2D eigenvalue weighted by Crippen LogP contribution is 2.29. The lowest BCUT2D eigenvalue weighted by atomic mass is 10.00. The molecule has 3 heteroatoms. The van der Waals surface area contributed by atoms with Crippen molar-refractivity contribution in [3.8, 4) is 5.75 Å². The molecule has 1 aliphatic rings. The van der Waals surface area contributed by atoms with Gasteiger partial charge in [0.15, 0.2) is 0 Å². The van der Waals surface area contributed by atoms with Crippen LogP contribution < -0.4 is 4.74 Å². The molecule has 0 bridgehead atoms. The van der Waals surface area contributed by atoms with E-state index in [1.165, 1.54) is 12.1 Å². The van der Waals surface area contributed by atoms with Gasteiger partial charge in [0.25, 0.3) is 0 Å². The molecule has 0 radical (unpaired) electrons. The summed E-state index contributed by atoms with van der Waals surface area (Å²) in [6.45, 7) is 1.71. The van der Waals surface area contributed by atoms with Gasteiger partial charge in [0.1, 0.15) is 17.7 Å². The molecule has 1 N–H and O–H groups in total. The van der Waals surface area contributed by atoms with Crippen molar-refractivity contribution in [3.05, 3.63) is 29.6 Å². The van der Waals surface area contributed by atoms with E-state index < -0.39 is 6.10 Å². The van der Waals surface area contributed by atoms with Crippen molar-refractivity contribution in [1.82, 2.24) is 0 Å². The van der Waals surface area contributed by atoms with Crippen molar-refractivity contribution in [2.45, 2.75) is 32.0 Å². The van der Waals surface area contributed by atoms with Crippen LogP contribution in [0.2, 0.25) is 0 Å². The minimum absolute atomic E-state index is 0.159. The number of halogens is 1. The highest BCUT2D eigenvalue weighted by molar-refractivity contribution is 5.35. The number of hydrogen-bond acceptors (Lipinski definition) is 2. The lowest BCUT2D eigenvalue weighted by molar-refractivity contribution is 0.0356. The highest BCUT2D eigenvalue weighted by Gasteiger charge is 2.23. The van der Waals surface area contributed by atoms with Gasteiger partial charge in [-0.05, 0) is 43.5 Å². The zero-order chi connectivity index (χ0) is 10.1. The predicted molar refractivity (Wildman–Crippen MR) is 50.8 cm³/mol. The normalized spacial score (nSPS) is 22.4. The van der Waals surface area contributed by atoms with Gasteiger partial charge in [-0.2, -0.15) is 0 Å². The first-order valence-electron chi connectivity index (χ1n) is 4.80. The maximum Gasteiger partial charge on any atom is 0.125 e. The van der Waals surface area contributed by atoms with Gasteiger partial charge >= 0.3 is 0 Å².